The molecule has 1 N–H and O–H groups in total. The number of alkyl halides is 4. The summed E-state index contributed by atoms with van der Waals surface area (Å²) in [7, 11) is 0. The molecule has 7 heteroatoms. The fraction of sp³-hybridized carbons (Fsp3) is 1.00. The molecule has 0 heterocycles. The first-order valence-corrected chi connectivity index (χ1v) is 5.92. The zero-order valence-electron chi connectivity index (χ0n) is 10.7. The molecule has 0 unspecified atom stereocenters. The number of halogens is 4. The van der Waals surface area contributed by atoms with Crippen LogP contribution in [0.5, 0.6) is 0 Å². The Morgan fingerprint density at radius 1 is 1.11 bits per heavy atom. The predicted octanol–water partition coefficient (Wildman–Crippen LogP) is 2.31. The van der Waals surface area contributed by atoms with Gasteiger partial charge >= 0.3 is 12.3 Å². The second-order valence-electron chi connectivity index (χ2n) is 4.14. The van der Waals surface area contributed by atoms with Crippen molar-refractivity contribution in [1.82, 2.24) is 5.32 Å². The molecule has 0 aliphatic rings. The minimum atomic E-state index is -4.06. The molecule has 0 aromatic rings. The highest BCUT2D eigenvalue weighted by molar-refractivity contribution is 4.67. The molecule has 0 radical (unpaired) electrons. The molecule has 0 aromatic heterocycles. The Bertz CT molecular complexity index is 203. The molecule has 0 fully saturated rings. The SMILES string of the molecule is CC(C)OCCCNCCOCC(F)(F)C(F)F. The van der Waals surface area contributed by atoms with Crippen LogP contribution in [-0.4, -0.2) is 51.4 Å². The third-order valence-electron chi connectivity index (χ3n) is 1.99. The summed E-state index contributed by atoms with van der Waals surface area (Å²) < 4.78 is 58.0. The Morgan fingerprint density at radius 3 is 2.33 bits per heavy atom. The first-order chi connectivity index (χ1) is 8.36. The largest absolute Gasteiger partial charge is 0.379 e. The number of nitrogens with one attached hydrogen (secondary N) is 1. The first kappa shape index (κ1) is 17.6. The molecule has 110 valence electrons. The molecule has 0 aliphatic carbocycles. The minimum absolute atomic E-state index is 0.0205. The zero-order chi connectivity index (χ0) is 14.0. The fourth-order valence-electron chi connectivity index (χ4n) is 1.06. The maximum absolute atomic E-state index is 12.4. The average molecular weight is 275 g/mol. The molecule has 0 rings (SSSR count). The lowest BCUT2D eigenvalue weighted by Gasteiger charge is -2.15. The van der Waals surface area contributed by atoms with Crippen LogP contribution in [0.2, 0.25) is 0 Å². The maximum atomic E-state index is 12.4. The van der Waals surface area contributed by atoms with Gasteiger partial charge < -0.3 is 14.8 Å². The van der Waals surface area contributed by atoms with Gasteiger partial charge in [-0.15, -0.1) is 0 Å². The van der Waals surface area contributed by atoms with Crippen molar-refractivity contribution in [2.75, 3.05) is 32.9 Å². The Hall–Kier alpha value is -0.400. The van der Waals surface area contributed by atoms with E-state index in [1.807, 2.05) is 13.8 Å². The van der Waals surface area contributed by atoms with Gasteiger partial charge in [0.15, 0.2) is 0 Å². The van der Waals surface area contributed by atoms with Crippen molar-refractivity contribution in [2.24, 2.45) is 0 Å². The lowest BCUT2D eigenvalue weighted by molar-refractivity contribution is -0.165. The molecule has 18 heavy (non-hydrogen) atoms. The summed E-state index contributed by atoms with van der Waals surface area (Å²) in [5.74, 6) is -4.06. The van der Waals surface area contributed by atoms with E-state index in [0.29, 0.717) is 19.7 Å². The quantitative estimate of drug-likeness (QED) is 0.463. The van der Waals surface area contributed by atoms with Crippen LogP contribution < -0.4 is 5.32 Å². The number of rotatable bonds is 11. The Morgan fingerprint density at radius 2 is 1.78 bits per heavy atom. The van der Waals surface area contributed by atoms with Crippen LogP contribution in [0.4, 0.5) is 17.6 Å². The van der Waals surface area contributed by atoms with Gasteiger partial charge in [-0.25, -0.2) is 8.78 Å². The highest BCUT2D eigenvalue weighted by Crippen LogP contribution is 2.22. The fourth-order valence-corrected chi connectivity index (χ4v) is 1.06. The Labute approximate surface area is 105 Å². The monoisotopic (exact) mass is 275 g/mol. The maximum Gasteiger partial charge on any atom is 0.330 e. The van der Waals surface area contributed by atoms with E-state index in [4.69, 9.17) is 4.74 Å². The summed E-state index contributed by atoms with van der Waals surface area (Å²) in [6.07, 6.45) is -2.70. The van der Waals surface area contributed by atoms with E-state index in [1.54, 1.807) is 0 Å². The lowest BCUT2D eigenvalue weighted by Crippen LogP contribution is -2.33. The molecule has 3 nitrogen and oxygen atoms in total. The van der Waals surface area contributed by atoms with Gasteiger partial charge in [-0.2, -0.15) is 8.78 Å². The van der Waals surface area contributed by atoms with Crippen molar-refractivity contribution in [3.63, 3.8) is 0 Å². The molecular formula is C11H21F4NO2. The van der Waals surface area contributed by atoms with Crippen LogP contribution in [0.25, 0.3) is 0 Å². The Balaban J connectivity index is 3.26. The smallest absolute Gasteiger partial charge is 0.330 e. The van der Waals surface area contributed by atoms with Crippen LogP contribution in [0.3, 0.4) is 0 Å². The third kappa shape index (κ3) is 9.61. The second kappa shape index (κ2) is 9.52. The van der Waals surface area contributed by atoms with Crippen molar-refractivity contribution < 1.29 is 27.0 Å². The van der Waals surface area contributed by atoms with E-state index in [0.717, 1.165) is 6.42 Å². The van der Waals surface area contributed by atoms with Gasteiger partial charge in [-0.1, -0.05) is 0 Å². The zero-order valence-corrected chi connectivity index (χ0v) is 10.7. The Kier molecular flexibility index (Phi) is 9.31. The van der Waals surface area contributed by atoms with E-state index in [-0.39, 0.29) is 12.7 Å². The molecule has 0 saturated carbocycles. The summed E-state index contributed by atoms with van der Waals surface area (Å²) in [4.78, 5) is 0. The van der Waals surface area contributed by atoms with Crippen molar-refractivity contribution in [3.8, 4) is 0 Å². The molecule has 0 atom stereocenters. The van der Waals surface area contributed by atoms with Crippen molar-refractivity contribution in [2.45, 2.75) is 38.7 Å². The van der Waals surface area contributed by atoms with Gasteiger partial charge in [0.25, 0.3) is 0 Å². The molecule has 0 bridgehead atoms. The highest BCUT2D eigenvalue weighted by atomic mass is 19.3. The number of hydrogen-bond donors (Lipinski definition) is 1. The van der Waals surface area contributed by atoms with Crippen LogP contribution in [0.15, 0.2) is 0 Å². The van der Waals surface area contributed by atoms with Gasteiger partial charge in [0.2, 0.25) is 0 Å². The third-order valence-corrected chi connectivity index (χ3v) is 1.99. The van der Waals surface area contributed by atoms with Crippen LogP contribution >= 0.6 is 0 Å². The normalized spacial score (nSPS) is 12.7. The standard InChI is InChI=1S/C11H21F4NO2/c1-9(2)18-6-3-4-16-5-7-17-8-11(14,15)10(12)13/h9-10,16H,3-8H2,1-2H3. The van der Waals surface area contributed by atoms with Crippen molar-refractivity contribution in [3.05, 3.63) is 0 Å². The summed E-state index contributed by atoms with van der Waals surface area (Å²) in [6.45, 7) is 4.24. The molecule has 0 amide bonds. The predicted molar refractivity (Wildman–Crippen MR) is 60.3 cm³/mol. The number of ether oxygens (including phenoxy) is 2. The van der Waals surface area contributed by atoms with Gasteiger partial charge in [0.1, 0.15) is 6.61 Å². The van der Waals surface area contributed by atoms with E-state index in [2.05, 4.69) is 10.1 Å². The molecule has 0 aliphatic heterocycles. The molecular weight excluding hydrogens is 254 g/mol. The summed E-state index contributed by atoms with van der Waals surface area (Å²) >= 11 is 0. The van der Waals surface area contributed by atoms with Gasteiger partial charge in [-0.05, 0) is 26.8 Å². The van der Waals surface area contributed by atoms with Gasteiger partial charge in [0, 0.05) is 13.2 Å². The van der Waals surface area contributed by atoms with Crippen molar-refractivity contribution in [1.29, 1.82) is 0 Å². The van der Waals surface area contributed by atoms with E-state index in [9.17, 15) is 17.6 Å². The summed E-state index contributed by atoms with van der Waals surface area (Å²) in [5.41, 5.74) is 0. The van der Waals surface area contributed by atoms with E-state index >= 15 is 0 Å². The molecule has 0 spiro atoms. The van der Waals surface area contributed by atoms with Gasteiger partial charge in [0.05, 0.1) is 12.7 Å². The molecule has 0 saturated heterocycles. The summed E-state index contributed by atoms with van der Waals surface area (Å²) in [5, 5.41) is 2.94. The van der Waals surface area contributed by atoms with E-state index in [1.165, 1.54) is 0 Å². The first-order valence-electron chi connectivity index (χ1n) is 5.92. The minimum Gasteiger partial charge on any atom is -0.379 e. The van der Waals surface area contributed by atoms with Crippen LogP contribution in [0, 0.1) is 0 Å². The van der Waals surface area contributed by atoms with Gasteiger partial charge in [-0.3, -0.25) is 0 Å². The topological polar surface area (TPSA) is 30.5 Å². The van der Waals surface area contributed by atoms with E-state index < -0.39 is 19.0 Å². The van der Waals surface area contributed by atoms with Crippen LogP contribution in [-0.2, 0) is 9.47 Å². The summed E-state index contributed by atoms with van der Waals surface area (Å²) in [6, 6.07) is 0. The molecule has 0 aromatic carbocycles. The second-order valence-corrected chi connectivity index (χ2v) is 4.14. The lowest BCUT2D eigenvalue weighted by atomic mass is 10.4. The van der Waals surface area contributed by atoms with Crippen LogP contribution in [0.1, 0.15) is 20.3 Å². The highest BCUT2D eigenvalue weighted by Gasteiger charge is 2.40. The van der Waals surface area contributed by atoms with Crippen molar-refractivity contribution >= 4 is 0 Å². The number of hydrogen-bond acceptors (Lipinski definition) is 3. The average Bonchev–Trinajstić information content (AvgIpc) is 2.26.